The maximum atomic E-state index is 16.2. The molecule has 7 aromatic carbocycles. The normalized spacial score (nSPS) is 25.5. The zero-order valence-electron chi connectivity index (χ0n) is 70.8. The van der Waals surface area contributed by atoms with Crippen LogP contribution < -0.4 is 56.7 Å². The lowest BCUT2D eigenvalue weighted by molar-refractivity contribution is -0.345. The van der Waals surface area contributed by atoms with E-state index >= 15 is 24.0 Å². The van der Waals surface area contributed by atoms with Gasteiger partial charge < -0.3 is 150 Å². The number of nitrogens with one attached hydrogen (secondary N) is 8. The van der Waals surface area contributed by atoms with Gasteiger partial charge in [-0.2, -0.15) is 0 Å². The number of rotatable bonds is 14. The van der Waals surface area contributed by atoms with Gasteiger partial charge in [-0.3, -0.25) is 62.3 Å². The fraction of sp³-hybridized carbons (Fsp3) is 0.345. The lowest BCUT2D eigenvalue weighted by Gasteiger charge is -2.49. The number of fused-ring (bicyclic) bond motifs is 14. The number of hydrogen-bond acceptors (Lipinski definition) is 37. The van der Waals surface area contributed by atoms with Crippen molar-refractivity contribution >= 4 is 101 Å². The van der Waals surface area contributed by atoms with Gasteiger partial charge in [0.15, 0.2) is 77.2 Å². The Morgan fingerprint density at radius 3 is 1.42 bits per heavy atom. The molecule has 17 bridgehead atoms. The van der Waals surface area contributed by atoms with E-state index in [4.69, 9.17) is 78.5 Å². The Bertz CT molecular complexity index is 5800. The number of phenols is 6. The SMILES string of the molecule is COC(=O)[C@@H]1NC(=O)[C@H]2NC(=O)[C@H](NC(=O)[C@@H]3NC(=O)[C@H]4NC(=O)[C@H](NC(=O)[C@H](NC(=S)N[C@@H]5O[C@H](COC(C)=O)[C@@H](O[C@H]6O[C@H](COC(C)=O)[C@@H](OC(C)=O)[C@H](OC(C)=O)[C@H]6OC(C)=O)[C@H](OC(C)=O)[C@H]5OC(C)=O)c5ccc(O)c(c5)Oc5cc4cc(O)c5C)[C@H](O)c4ccc(cc4)Oc4cc3cc(c4O)Oc3ccc(cc3)[C@H]2O)c2ccc(O)c(c2)-c2c(O)cc(O)cc21. The lowest BCUT2D eigenvalue weighted by Crippen LogP contribution is -2.69. The standard InChI is InChI=1S/C87H86N8O36S/c1-32-53(106)23-44-25-55(32)128-56-24-43(15-21-52(56)105)63(94-87(132)95-84-76(124-38(7)101)74(122-36(5)99)73(59(129-84)30-119-33(2)96)131-86-77(125-39(8)102)75(123-37(6)100)72(121-35(4)98)60(130-86)31-120-34(3)97)79(112)93-67-69(108)40-10-16-47(17-11-40)126-57-26-45-27-58(71(57)110)127-48-18-12-41(13-19-48)70(109)68-83(116)91-66(85(117)118-9)50-28-46(103)29-54(107)61(50)49-22-42(14-20-51(49)104)62(78(111)92-68)88-81(114)65(45)89-80(113)64(44)90-82(67)115/h10-29,59-60,62-70,72-77,84,86,103-110H,30-31H2,1-9H3,(H,88,114)(H,89,113)(H,90,115)(H,91,116)(H,92,111)(H,93,112)(H2,94,95,132)/t59-,60-,62-,63-,64+,65-,66-,67-,68+,69-,70-,72-,73-,74+,75+,76-,77-,84-,86-/m1/s1. The van der Waals surface area contributed by atoms with E-state index in [1.807, 2.05) is 0 Å². The average molecular weight is 1850 g/mol. The number of carbonyl (C=O) groups is 14. The number of aliphatic hydroxyl groups is 2. The van der Waals surface area contributed by atoms with Crippen molar-refractivity contribution in [1.82, 2.24) is 42.5 Å². The number of esters is 8. The second-order valence-corrected chi connectivity index (χ2v) is 31.2. The number of amides is 6. The lowest BCUT2D eigenvalue weighted by atomic mass is 9.89. The summed E-state index contributed by atoms with van der Waals surface area (Å²) in [6.45, 7) is 6.31. The van der Waals surface area contributed by atoms with Gasteiger partial charge in [-0.1, -0.05) is 36.4 Å². The Kier molecular flexibility index (Phi) is 28.2. The molecule has 19 atom stereocenters. The van der Waals surface area contributed by atoms with Crippen LogP contribution in [0.2, 0.25) is 0 Å². The highest BCUT2D eigenvalue weighted by Crippen LogP contribution is 2.49. The average Bonchev–Trinajstić information content (AvgIpc) is 0.726. The van der Waals surface area contributed by atoms with Crippen LogP contribution in [0, 0.1) is 6.92 Å². The maximum Gasteiger partial charge on any atom is 0.333 e. The molecule has 8 heterocycles. The number of hydrogen-bond donors (Lipinski definition) is 16. The van der Waals surface area contributed by atoms with Gasteiger partial charge in [0.1, 0.15) is 120 Å². The Labute approximate surface area is 751 Å². The number of aliphatic hydroxyl groups excluding tert-OH is 2. The Balaban J connectivity index is 0.908. The molecule has 696 valence electrons. The third kappa shape index (κ3) is 20.9. The molecule has 8 aliphatic rings. The van der Waals surface area contributed by atoms with Crippen LogP contribution in [0.15, 0.2) is 121 Å². The van der Waals surface area contributed by atoms with Crippen LogP contribution in [0.3, 0.4) is 0 Å². The summed E-state index contributed by atoms with van der Waals surface area (Å²) < 4.78 is 82.3. The summed E-state index contributed by atoms with van der Waals surface area (Å²) in [5, 5.41) is 115. The third-order valence-electron chi connectivity index (χ3n) is 21.5. The van der Waals surface area contributed by atoms with Crippen molar-refractivity contribution < 1.29 is 174 Å². The van der Waals surface area contributed by atoms with Crippen LogP contribution >= 0.6 is 12.2 Å². The highest BCUT2D eigenvalue weighted by atomic mass is 32.1. The maximum absolute atomic E-state index is 16.2. The first-order valence-corrected chi connectivity index (χ1v) is 40.6. The second-order valence-electron chi connectivity index (χ2n) is 30.8. The number of methoxy groups -OCH3 is 1. The summed E-state index contributed by atoms with van der Waals surface area (Å²) in [4.78, 5) is 199. The predicted octanol–water partition coefficient (Wildman–Crippen LogP) is 2.69. The van der Waals surface area contributed by atoms with Gasteiger partial charge in [0.05, 0.1) is 7.11 Å². The highest BCUT2D eigenvalue weighted by molar-refractivity contribution is 7.80. The predicted molar refractivity (Wildman–Crippen MR) is 443 cm³/mol. The fourth-order valence-electron chi connectivity index (χ4n) is 15.5. The molecule has 44 nitrogen and oxygen atoms in total. The van der Waals surface area contributed by atoms with Crippen molar-refractivity contribution in [1.29, 1.82) is 0 Å². The van der Waals surface area contributed by atoms with Crippen molar-refractivity contribution in [2.75, 3.05) is 20.3 Å². The Morgan fingerprint density at radius 1 is 0.417 bits per heavy atom. The van der Waals surface area contributed by atoms with E-state index in [9.17, 15) is 84.0 Å². The molecule has 6 amide bonds. The molecule has 15 rings (SSSR count). The Morgan fingerprint density at radius 2 is 0.871 bits per heavy atom. The molecule has 0 aromatic heterocycles. The van der Waals surface area contributed by atoms with Crippen LogP contribution in [0.25, 0.3) is 11.1 Å². The first kappa shape index (κ1) is 94.4. The van der Waals surface area contributed by atoms with E-state index in [1.165, 1.54) is 55.5 Å². The molecule has 7 aromatic rings. The smallest absolute Gasteiger partial charge is 0.333 e. The third-order valence-corrected chi connectivity index (χ3v) is 21.7. The highest BCUT2D eigenvalue weighted by Gasteiger charge is 2.58. The van der Waals surface area contributed by atoms with E-state index in [1.54, 1.807) is 0 Å². The van der Waals surface area contributed by atoms with E-state index in [0.717, 1.165) is 128 Å². The number of carbonyl (C=O) groups excluding carboxylic acids is 14. The molecule has 0 spiro atoms. The number of ether oxygens (including phenoxy) is 14. The number of benzene rings is 7. The van der Waals surface area contributed by atoms with Gasteiger partial charge >= 0.3 is 47.8 Å². The molecule has 0 radical (unpaired) electrons. The van der Waals surface area contributed by atoms with Gasteiger partial charge in [0, 0.05) is 76.8 Å². The van der Waals surface area contributed by atoms with Crippen molar-refractivity contribution in [3.8, 4) is 80.1 Å². The molecule has 132 heavy (non-hydrogen) atoms. The molecular formula is C87H86N8O36S. The molecule has 0 aliphatic carbocycles. The quantitative estimate of drug-likeness (QED) is 0.0423. The summed E-state index contributed by atoms with van der Waals surface area (Å²) in [6.07, 6.45) is -23.5. The minimum Gasteiger partial charge on any atom is -0.508 e. The Hall–Kier alpha value is -15.2. The van der Waals surface area contributed by atoms with Gasteiger partial charge in [0.25, 0.3) is 0 Å². The molecule has 2 saturated heterocycles. The number of phenolic OH excluding ortho intramolecular Hbond substituents is 6. The van der Waals surface area contributed by atoms with E-state index in [0.29, 0.717) is 0 Å². The van der Waals surface area contributed by atoms with Gasteiger partial charge in [-0.15, -0.1) is 0 Å². The first-order valence-electron chi connectivity index (χ1n) is 40.2. The molecule has 16 N–H and O–H groups in total. The van der Waals surface area contributed by atoms with Crippen LogP contribution in [0.5, 0.6) is 69.0 Å². The molecule has 8 aliphatic heterocycles. The molecule has 45 heteroatoms. The molecule has 0 unspecified atom stereocenters. The van der Waals surface area contributed by atoms with E-state index in [-0.39, 0.29) is 39.3 Å². The summed E-state index contributed by atoms with van der Waals surface area (Å²) >= 11 is 5.94. The monoisotopic (exact) mass is 1850 g/mol. The first-order chi connectivity index (χ1) is 62.6. The zero-order valence-corrected chi connectivity index (χ0v) is 71.7. The van der Waals surface area contributed by atoms with Crippen molar-refractivity contribution in [3.05, 3.63) is 166 Å². The largest absolute Gasteiger partial charge is 0.508 e. The van der Waals surface area contributed by atoms with E-state index in [2.05, 4.69) is 42.5 Å². The van der Waals surface area contributed by atoms with Crippen molar-refractivity contribution in [2.45, 2.75) is 171 Å². The fourth-order valence-corrected chi connectivity index (χ4v) is 15.7. The summed E-state index contributed by atoms with van der Waals surface area (Å²) in [5.41, 5.74) is -3.13. The minimum atomic E-state index is -2.35. The van der Waals surface area contributed by atoms with Gasteiger partial charge in [-0.05, 0) is 131 Å². The molecule has 0 saturated carbocycles. The van der Waals surface area contributed by atoms with Crippen LogP contribution in [0.1, 0.15) is 135 Å². The minimum absolute atomic E-state index is 0.112. The zero-order chi connectivity index (χ0) is 95.4. The summed E-state index contributed by atoms with van der Waals surface area (Å²) in [7, 11) is 0.939. The number of aromatic hydroxyl groups is 6. The summed E-state index contributed by atoms with van der Waals surface area (Å²) in [6, 6.07) is 6.79. The van der Waals surface area contributed by atoms with Gasteiger partial charge in [-0.25, -0.2) is 4.79 Å². The molecule has 2 fully saturated rings. The topological polar surface area (TPSA) is 626 Å². The van der Waals surface area contributed by atoms with E-state index < -0.39 is 303 Å². The van der Waals surface area contributed by atoms with Crippen LogP contribution in [-0.4, -0.2) is 223 Å². The van der Waals surface area contributed by atoms with Crippen LogP contribution in [0.4, 0.5) is 0 Å². The molecular weight excluding hydrogens is 1770 g/mol. The second kappa shape index (κ2) is 39.4. The van der Waals surface area contributed by atoms with Gasteiger partial charge in [0.2, 0.25) is 41.2 Å². The van der Waals surface area contributed by atoms with Crippen molar-refractivity contribution in [2.24, 2.45) is 0 Å². The van der Waals surface area contributed by atoms with Crippen LogP contribution in [-0.2, 0) is 119 Å². The number of thiocarbonyl (C=S) groups is 1. The summed E-state index contributed by atoms with van der Waals surface area (Å²) in [5.74, 6) is -23.6. The van der Waals surface area contributed by atoms with Crippen molar-refractivity contribution in [3.63, 3.8) is 0 Å².